The van der Waals surface area contributed by atoms with Crippen LogP contribution in [0.25, 0.3) is 21.0 Å². The molecular weight excluding hydrogens is 1400 g/mol. The van der Waals surface area contributed by atoms with Crippen LogP contribution in [0, 0.1) is 10.8 Å². The molecule has 4 aliphatic heterocycles. The zero-order valence-electron chi connectivity index (χ0n) is 60.8. The average molecular weight is 1480 g/mol. The maximum Gasteiger partial charge on any atom is 0.217 e. The molecule has 0 fully saturated rings. The second-order valence-electron chi connectivity index (χ2n) is 28.7. The summed E-state index contributed by atoms with van der Waals surface area (Å²) in [5.74, 6) is 3.13. The Morgan fingerprint density at radius 3 is 1.28 bits per heavy atom. The van der Waals surface area contributed by atoms with Gasteiger partial charge in [0.2, 0.25) is 23.6 Å². The van der Waals surface area contributed by atoms with Crippen LogP contribution < -0.4 is 47.7 Å². The van der Waals surface area contributed by atoms with E-state index in [1.807, 2.05) is 29.5 Å². The summed E-state index contributed by atoms with van der Waals surface area (Å²) in [6, 6.07) is 105. The molecule has 0 saturated heterocycles. The highest BCUT2D eigenvalue weighted by molar-refractivity contribution is 7.80. The third-order valence-electron chi connectivity index (χ3n) is 19.1. The minimum atomic E-state index is -0.727. The van der Waals surface area contributed by atoms with E-state index in [9.17, 15) is 0 Å². The molecule has 106 heavy (non-hydrogen) atoms. The number of hydrogen-bond donors (Lipinski definition) is 1. The molecule has 14 heteroatoms. The third-order valence-corrected chi connectivity index (χ3v) is 26.9. The van der Waals surface area contributed by atoms with E-state index in [4.69, 9.17) is 33.9 Å². The number of H-pyrrole nitrogens is 1. The maximum absolute atomic E-state index is 6.24. The van der Waals surface area contributed by atoms with Gasteiger partial charge >= 0.3 is 0 Å². The molecule has 4 aliphatic rings. The van der Waals surface area contributed by atoms with Gasteiger partial charge < -0.3 is 23.9 Å². The maximum atomic E-state index is 6.24. The first-order valence-corrected chi connectivity index (χ1v) is 41.5. The largest absolute Gasteiger partial charge is 0.475 e. The molecule has 0 bridgehead atoms. The minimum Gasteiger partial charge on any atom is -0.475 e. The highest BCUT2D eigenvalue weighted by Gasteiger charge is 2.34. The normalized spacial score (nSPS) is 16.8. The van der Waals surface area contributed by atoms with Gasteiger partial charge in [0.15, 0.2) is 0 Å². The molecule has 1 N–H and O–H groups in total. The van der Waals surface area contributed by atoms with E-state index in [0.29, 0.717) is 35.0 Å². The van der Waals surface area contributed by atoms with Gasteiger partial charge in [-0.05, 0) is 139 Å². The number of ether oxygens (including phenoxy) is 4. The van der Waals surface area contributed by atoms with E-state index in [1.54, 1.807) is 0 Å². The van der Waals surface area contributed by atoms with Crippen LogP contribution >= 0.6 is 45.0 Å². The lowest BCUT2D eigenvalue weighted by molar-refractivity contribution is 0.235. The molecular formula is C92H89N5O4P4S. The number of rotatable bonds is 16. The van der Waals surface area contributed by atoms with Crippen LogP contribution in [0.5, 0.6) is 0 Å². The lowest BCUT2D eigenvalue weighted by Gasteiger charge is -2.22. The molecule has 0 saturated carbocycles. The van der Waals surface area contributed by atoms with Crippen molar-refractivity contribution in [2.45, 2.75) is 78.6 Å². The van der Waals surface area contributed by atoms with Crippen LogP contribution in [0.3, 0.4) is 0 Å². The summed E-state index contributed by atoms with van der Waals surface area (Å²) < 4.78 is 25.4. The first kappa shape index (κ1) is 73.4. The number of aromatic nitrogens is 1. The van der Waals surface area contributed by atoms with E-state index in [0.717, 1.165) is 64.0 Å². The van der Waals surface area contributed by atoms with Crippen molar-refractivity contribution in [3.05, 3.63) is 342 Å². The molecule has 11 aromatic carbocycles. The van der Waals surface area contributed by atoms with Crippen molar-refractivity contribution in [1.82, 2.24) is 4.98 Å². The van der Waals surface area contributed by atoms with Crippen LogP contribution in [0.15, 0.2) is 329 Å². The lowest BCUT2D eigenvalue weighted by atomic mass is 9.88. The Kier molecular flexibility index (Phi) is 23.8. The fraction of sp³-hybridized carbons (Fsp3) is 0.196. The summed E-state index contributed by atoms with van der Waals surface area (Å²) in [7, 11) is 1.90. The monoisotopic (exact) mass is 1480 g/mol. The zero-order valence-corrected chi connectivity index (χ0v) is 65.6. The fourth-order valence-electron chi connectivity index (χ4n) is 13.3. The molecule has 0 amide bonds. The number of benzene rings is 11. The number of aliphatic imine (C=N–C) groups is 4. The fourth-order valence-corrected chi connectivity index (χ4v) is 20.6. The van der Waals surface area contributed by atoms with Gasteiger partial charge in [-0.3, -0.25) is 0 Å². The van der Waals surface area contributed by atoms with Gasteiger partial charge in [0.1, 0.15) is 26.4 Å². The highest BCUT2D eigenvalue weighted by atomic mass is 32.1. The van der Waals surface area contributed by atoms with Gasteiger partial charge in [-0.1, -0.05) is 311 Å². The summed E-state index contributed by atoms with van der Waals surface area (Å²) in [6.45, 7) is 15.8. The lowest BCUT2D eigenvalue weighted by Crippen LogP contribution is -2.25. The number of fused-ring (bicyclic) bond motifs is 2. The van der Waals surface area contributed by atoms with Crippen LogP contribution in [-0.4, -0.2) is 79.2 Å². The zero-order chi connectivity index (χ0) is 72.8. The SMILES string of the molecule is CC(C)(C)[C@H]1COC(c2ccccc2P)=N1.CC(C)(C)[C@H]1COC(c2ccccc2Pc2ccccc2)=N1.c1ccc(P(c2ccccc2)c2ccccc2C2=N[C@@H](Cc3c[nH]c4ccccc34)CO2)cc1.c1ccc(P(c2ccccc2)c2ccccc2C2=N[C@@H](Cc3csc4ccccc34)CO2)cc1. The van der Waals surface area contributed by atoms with Gasteiger partial charge in [0, 0.05) is 50.5 Å². The van der Waals surface area contributed by atoms with E-state index in [2.05, 4.69) is 351 Å². The summed E-state index contributed by atoms with van der Waals surface area (Å²) >= 11 is 1.81. The van der Waals surface area contributed by atoms with E-state index in [1.165, 1.54) is 74.6 Å². The molecule has 13 aromatic rings. The average Bonchev–Trinajstić information content (AvgIpc) is 1.78. The standard InChI is InChI=1S/C30H25N2OP.C30H24NOPS.C19H22NOP.C13H18NOP/c1-3-11-24(12-4-1)34(25-13-5-2-6-14-25)29-18-10-8-16-27(29)30-32-23(21-33-30)19-22-20-31-28-17-9-7-15-26(22)28;1-3-11-24(12-4-1)33(25-13-5-2-6-14-25)28-17-9-7-16-27(28)30-31-23(20-32-30)19-22-21-34-29-18-10-8-15-26(22)29;1-19(2,3)17-13-21-18(20-17)15-11-7-8-12-16(15)22-14-9-5-4-6-10-14;1-13(2,3)11-8-15-12(14-11)9-6-4-5-7-10(9)16/h1-18,20,23,31H,19,21H2;1-18,21,23H,19-20H2;4-12,17,22H,13H2,1-3H3;4-7,11H,8,16H2,1-3H3/t2*23-;17-;11-/m0011/s1. The summed E-state index contributed by atoms with van der Waals surface area (Å²) in [6.07, 6.45) is 3.87. The van der Waals surface area contributed by atoms with Crippen molar-refractivity contribution >= 4 is 137 Å². The quantitative estimate of drug-likeness (QED) is 0.0974. The third kappa shape index (κ3) is 18.0. The predicted molar refractivity (Wildman–Crippen MR) is 458 cm³/mol. The highest BCUT2D eigenvalue weighted by Crippen LogP contribution is 2.38. The molecule has 2 aromatic heterocycles. The Morgan fingerprint density at radius 1 is 0.396 bits per heavy atom. The van der Waals surface area contributed by atoms with Gasteiger partial charge in [0.05, 0.1) is 24.2 Å². The summed E-state index contributed by atoms with van der Waals surface area (Å²) in [4.78, 5) is 23.0. The Balaban J connectivity index is 0.000000124. The second-order valence-corrected chi connectivity index (χ2v) is 36.0. The Hall–Kier alpha value is -9.48. The van der Waals surface area contributed by atoms with Crippen LogP contribution in [-0.2, 0) is 31.8 Å². The van der Waals surface area contributed by atoms with Crippen molar-refractivity contribution in [1.29, 1.82) is 0 Å². The number of hydrogen-bond acceptors (Lipinski definition) is 9. The van der Waals surface area contributed by atoms with Gasteiger partial charge in [-0.2, -0.15) is 0 Å². The summed E-state index contributed by atoms with van der Waals surface area (Å²) in [5.41, 5.74) is 8.55. The van der Waals surface area contributed by atoms with Crippen LogP contribution in [0.4, 0.5) is 0 Å². The smallest absolute Gasteiger partial charge is 0.217 e. The Morgan fingerprint density at radius 2 is 0.783 bits per heavy atom. The molecule has 9 nitrogen and oxygen atoms in total. The Labute approximate surface area is 635 Å². The van der Waals surface area contributed by atoms with Crippen LogP contribution in [0.1, 0.15) is 74.9 Å². The first-order chi connectivity index (χ1) is 51.8. The number of nitrogens with one attached hydrogen (secondary N) is 1. The molecule has 0 spiro atoms. The van der Waals surface area contributed by atoms with Crippen LogP contribution in [0.2, 0.25) is 0 Å². The van der Waals surface area contributed by atoms with Gasteiger partial charge in [-0.25, -0.2) is 20.0 Å². The molecule has 532 valence electrons. The number of nitrogens with zero attached hydrogens (tertiary/aromatic N) is 4. The molecule has 0 radical (unpaired) electrons. The van der Waals surface area contributed by atoms with Crippen molar-refractivity contribution in [2.75, 3.05) is 26.4 Å². The molecule has 6 heterocycles. The van der Waals surface area contributed by atoms with Gasteiger partial charge in [0.25, 0.3) is 0 Å². The molecule has 6 atom stereocenters. The molecule has 2 unspecified atom stereocenters. The van der Waals surface area contributed by atoms with Crippen molar-refractivity contribution in [3.8, 4) is 0 Å². The molecule has 17 rings (SSSR count). The van der Waals surface area contributed by atoms with Crippen molar-refractivity contribution < 1.29 is 18.9 Å². The summed E-state index contributed by atoms with van der Waals surface area (Å²) in [5, 5.41) is 16.5. The van der Waals surface area contributed by atoms with Gasteiger partial charge in [-0.15, -0.1) is 20.6 Å². The number of para-hydroxylation sites is 1. The Bertz CT molecular complexity index is 4910. The predicted octanol–water partition coefficient (Wildman–Crippen LogP) is 17.2. The topological polar surface area (TPSA) is 102 Å². The second kappa shape index (κ2) is 34.4. The number of thiophene rings is 1. The van der Waals surface area contributed by atoms with E-state index in [-0.39, 0.29) is 35.0 Å². The first-order valence-electron chi connectivity index (χ1n) is 36.3. The number of aromatic amines is 1. The van der Waals surface area contributed by atoms with E-state index < -0.39 is 15.8 Å². The molecule has 0 aliphatic carbocycles. The van der Waals surface area contributed by atoms with Crippen molar-refractivity contribution in [2.24, 2.45) is 30.8 Å². The minimum absolute atomic E-state index is 0.113. The van der Waals surface area contributed by atoms with Crippen molar-refractivity contribution in [3.63, 3.8) is 0 Å². The van der Waals surface area contributed by atoms with E-state index >= 15 is 0 Å².